The lowest BCUT2D eigenvalue weighted by atomic mass is 10.3. The van der Waals surface area contributed by atoms with Crippen LogP contribution in [0.4, 0.5) is 0 Å². The fraction of sp³-hybridized carbons (Fsp3) is 1.00. The molecule has 0 radical (unpaired) electrons. The first-order valence-corrected chi connectivity index (χ1v) is 10.5. The maximum absolute atomic E-state index is 5.53. The molecule has 0 bridgehead atoms. The van der Waals surface area contributed by atoms with Gasteiger partial charge < -0.3 is 14.8 Å². The Morgan fingerprint density at radius 2 is 1.50 bits per heavy atom. The number of unbranched alkanes of at least 4 members (excludes halogenated alkanes) is 1. The third-order valence-electron chi connectivity index (χ3n) is 2.33. The van der Waals surface area contributed by atoms with Crippen molar-refractivity contribution in [3.63, 3.8) is 0 Å². The predicted molar refractivity (Wildman–Crippen MR) is 88.9 cm³/mol. The average Bonchev–Trinajstić information content (AvgIpc) is 2.29. The zero-order chi connectivity index (χ0) is 14.6. The van der Waals surface area contributed by atoms with Crippen LogP contribution in [0.25, 0.3) is 0 Å². The first-order valence-electron chi connectivity index (χ1n) is 6.72. The average molecular weight is 315 g/mol. The molecular weight excluding hydrogens is 285 g/mol. The molecule has 0 rings (SSSR count). The topological polar surface area (TPSA) is 44.5 Å². The molecule has 0 spiro atoms. The molecular formula is C12H30NO2PS2. The van der Waals surface area contributed by atoms with Crippen LogP contribution in [0.3, 0.4) is 0 Å². The summed E-state index contributed by atoms with van der Waals surface area (Å²) in [5.41, 5.74) is 2.83. The highest BCUT2D eigenvalue weighted by Gasteiger charge is 2.18. The van der Waals surface area contributed by atoms with Gasteiger partial charge in [0, 0.05) is 0 Å². The number of nitrogens with two attached hydrogens (primary N) is 1. The molecule has 3 nitrogen and oxygen atoms in total. The fourth-order valence-corrected chi connectivity index (χ4v) is 3.94. The van der Waals surface area contributed by atoms with Crippen molar-refractivity contribution in [2.24, 2.45) is 5.73 Å². The molecule has 2 atom stereocenters. The number of thiol groups is 1. The Balaban J connectivity index is 0. The van der Waals surface area contributed by atoms with Crippen LogP contribution in [0, 0.1) is 0 Å². The zero-order valence-electron chi connectivity index (χ0n) is 12.4. The van der Waals surface area contributed by atoms with Crippen molar-refractivity contribution >= 4 is 29.7 Å². The van der Waals surface area contributed by atoms with E-state index in [0.29, 0.717) is 0 Å². The van der Waals surface area contributed by atoms with Crippen LogP contribution in [0.2, 0.25) is 0 Å². The van der Waals surface area contributed by atoms with Gasteiger partial charge in [0.15, 0.2) is 0 Å². The van der Waals surface area contributed by atoms with Gasteiger partial charge in [-0.1, -0.05) is 39.4 Å². The second kappa shape index (κ2) is 12.9. The van der Waals surface area contributed by atoms with Crippen LogP contribution in [-0.4, -0.2) is 18.8 Å². The van der Waals surface area contributed by atoms with Crippen molar-refractivity contribution in [3.05, 3.63) is 0 Å². The quantitative estimate of drug-likeness (QED) is 0.511. The number of rotatable bonds is 8. The summed E-state index contributed by atoms with van der Waals surface area (Å²) < 4.78 is 11.1. The van der Waals surface area contributed by atoms with Crippen LogP contribution < -0.4 is 5.73 Å². The number of hydrogen-bond acceptors (Lipinski definition) is 4. The lowest BCUT2D eigenvalue weighted by molar-refractivity contribution is 0.163. The standard InChI is InChI=1S/C8H19O2PS2.C4H11N/c1-5-7(3)9-11(12,13)10-8(4)6-2;1-2-3-4-5/h7-8H,5-6H2,1-4H3,(H,12,13);2-5H2,1H3. The highest BCUT2D eigenvalue weighted by atomic mass is 32.9. The van der Waals surface area contributed by atoms with Crippen LogP contribution >= 0.6 is 17.9 Å². The van der Waals surface area contributed by atoms with E-state index in [2.05, 4.69) is 33.0 Å². The van der Waals surface area contributed by atoms with Crippen molar-refractivity contribution in [1.29, 1.82) is 0 Å². The summed E-state index contributed by atoms with van der Waals surface area (Å²) in [6.07, 6.45) is 4.52. The highest BCUT2D eigenvalue weighted by molar-refractivity contribution is 8.60. The van der Waals surface area contributed by atoms with Gasteiger partial charge in [-0.05, 0) is 51.5 Å². The molecule has 6 heteroatoms. The Morgan fingerprint density at radius 3 is 1.67 bits per heavy atom. The second-order valence-electron chi connectivity index (χ2n) is 4.26. The van der Waals surface area contributed by atoms with Gasteiger partial charge in [0.1, 0.15) is 0 Å². The minimum Gasteiger partial charge on any atom is -0.330 e. The summed E-state index contributed by atoms with van der Waals surface area (Å²) in [4.78, 5) is 0. The van der Waals surface area contributed by atoms with E-state index < -0.39 is 5.69 Å². The fourth-order valence-electron chi connectivity index (χ4n) is 0.833. The molecule has 0 aliphatic carbocycles. The molecule has 112 valence electrons. The normalized spacial score (nSPS) is 17.3. The summed E-state index contributed by atoms with van der Waals surface area (Å²) >= 11 is 9.41. The first-order chi connectivity index (χ1) is 8.32. The van der Waals surface area contributed by atoms with E-state index in [1.165, 1.54) is 12.8 Å². The molecule has 0 saturated carbocycles. The van der Waals surface area contributed by atoms with Crippen LogP contribution in [0.15, 0.2) is 0 Å². The van der Waals surface area contributed by atoms with Crippen molar-refractivity contribution in [3.8, 4) is 0 Å². The van der Waals surface area contributed by atoms with E-state index in [1.807, 2.05) is 13.8 Å². The molecule has 0 heterocycles. The third kappa shape index (κ3) is 14.9. The molecule has 2 unspecified atom stereocenters. The molecule has 0 aromatic carbocycles. The highest BCUT2D eigenvalue weighted by Crippen LogP contribution is 2.55. The van der Waals surface area contributed by atoms with Crippen LogP contribution in [-0.2, 0) is 20.9 Å². The second-order valence-corrected chi connectivity index (χ2v) is 9.45. The van der Waals surface area contributed by atoms with E-state index >= 15 is 0 Å². The molecule has 0 saturated heterocycles. The smallest absolute Gasteiger partial charge is 0.244 e. The SMILES string of the molecule is CCC(C)OP(=S)(S)OC(C)CC.CCCCN. The van der Waals surface area contributed by atoms with Crippen molar-refractivity contribution in [2.45, 2.75) is 72.5 Å². The summed E-state index contributed by atoms with van der Waals surface area (Å²) in [6, 6.07) is 0. The lowest BCUT2D eigenvalue weighted by Crippen LogP contribution is -2.08. The Morgan fingerprint density at radius 1 is 1.11 bits per heavy atom. The van der Waals surface area contributed by atoms with Gasteiger partial charge >= 0.3 is 0 Å². The number of hydrogen-bond donors (Lipinski definition) is 2. The lowest BCUT2D eigenvalue weighted by Gasteiger charge is -2.23. The van der Waals surface area contributed by atoms with E-state index in [-0.39, 0.29) is 12.2 Å². The molecule has 0 amide bonds. The Labute approximate surface area is 124 Å². The molecule has 18 heavy (non-hydrogen) atoms. The van der Waals surface area contributed by atoms with Gasteiger partial charge in [0.25, 0.3) is 0 Å². The van der Waals surface area contributed by atoms with Crippen LogP contribution in [0.5, 0.6) is 0 Å². The third-order valence-corrected chi connectivity index (χ3v) is 4.67. The first kappa shape index (κ1) is 21.2. The van der Waals surface area contributed by atoms with Gasteiger partial charge in [0.05, 0.1) is 12.2 Å². The minimum atomic E-state index is -2.31. The van der Waals surface area contributed by atoms with Gasteiger partial charge in [-0.15, -0.1) is 0 Å². The predicted octanol–water partition coefficient (Wildman–Crippen LogP) is 4.52. The van der Waals surface area contributed by atoms with Crippen molar-refractivity contribution < 1.29 is 9.05 Å². The maximum Gasteiger partial charge on any atom is 0.244 e. The van der Waals surface area contributed by atoms with Crippen LogP contribution in [0.1, 0.15) is 60.3 Å². The Hall–Kier alpha value is 0.880. The largest absolute Gasteiger partial charge is 0.330 e. The van der Waals surface area contributed by atoms with Crippen molar-refractivity contribution in [1.82, 2.24) is 0 Å². The summed E-state index contributed by atoms with van der Waals surface area (Å²) in [7, 11) is 0. The summed E-state index contributed by atoms with van der Waals surface area (Å²) in [5, 5.41) is 0. The Kier molecular flexibility index (Phi) is 15.2. The maximum atomic E-state index is 5.53. The van der Waals surface area contributed by atoms with E-state index in [1.54, 1.807) is 0 Å². The van der Waals surface area contributed by atoms with Gasteiger partial charge in [-0.2, -0.15) is 0 Å². The monoisotopic (exact) mass is 315 g/mol. The van der Waals surface area contributed by atoms with Gasteiger partial charge in [0.2, 0.25) is 5.69 Å². The zero-order valence-corrected chi connectivity index (χ0v) is 15.0. The molecule has 0 aliphatic heterocycles. The minimum absolute atomic E-state index is 0.132. The molecule has 2 N–H and O–H groups in total. The van der Waals surface area contributed by atoms with E-state index in [0.717, 1.165) is 19.4 Å². The van der Waals surface area contributed by atoms with Gasteiger partial charge in [-0.25, -0.2) is 0 Å². The van der Waals surface area contributed by atoms with Crippen molar-refractivity contribution in [2.75, 3.05) is 6.54 Å². The summed E-state index contributed by atoms with van der Waals surface area (Å²) in [6.45, 7) is 11.0. The van der Waals surface area contributed by atoms with Gasteiger partial charge in [-0.3, -0.25) is 0 Å². The molecule has 0 fully saturated rings. The van der Waals surface area contributed by atoms with E-state index in [4.69, 9.17) is 26.6 Å². The molecule has 0 aromatic heterocycles. The molecule has 0 aromatic rings. The summed E-state index contributed by atoms with van der Waals surface area (Å²) in [5.74, 6) is 0. The Bertz CT molecular complexity index is 212. The molecule has 0 aliphatic rings. The van der Waals surface area contributed by atoms with E-state index in [9.17, 15) is 0 Å².